The maximum absolute atomic E-state index is 12.9. The summed E-state index contributed by atoms with van der Waals surface area (Å²) in [5, 5.41) is 1.79. The first kappa shape index (κ1) is 18.8. The van der Waals surface area contributed by atoms with Gasteiger partial charge in [0.1, 0.15) is 11.2 Å². The number of carbonyl (C=O) groups excluding carboxylic acids is 1. The minimum atomic E-state index is -0.421. The molecule has 1 atom stereocenters. The van der Waals surface area contributed by atoms with Crippen molar-refractivity contribution in [2.75, 3.05) is 26.8 Å². The Morgan fingerprint density at radius 1 is 1.35 bits per heavy atom. The molecule has 7 nitrogen and oxygen atoms in total. The van der Waals surface area contributed by atoms with Gasteiger partial charge in [-0.15, -0.1) is 11.3 Å². The van der Waals surface area contributed by atoms with Crippen molar-refractivity contribution in [2.45, 2.75) is 39.3 Å². The summed E-state index contributed by atoms with van der Waals surface area (Å²) in [6.07, 6.45) is 2.69. The van der Waals surface area contributed by atoms with E-state index in [1.807, 2.05) is 4.90 Å². The molecule has 0 saturated carbocycles. The van der Waals surface area contributed by atoms with Gasteiger partial charge in [-0.2, -0.15) is 0 Å². The number of rotatable bonds is 6. The summed E-state index contributed by atoms with van der Waals surface area (Å²) in [7, 11) is 1.59. The van der Waals surface area contributed by atoms with Crippen molar-refractivity contribution in [3.8, 4) is 0 Å². The predicted octanol–water partition coefficient (Wildman–Crippen LogP) is 1.52. The number of carbonyl (C=O) groups is 1. The number of ether oxygens (including phenoxy) is 1. The lowest BCUT2D eigenvalue weighted by Crippen LogP contribution is -2.45. The monoisotopic (exact) mass is 379 g/mol. The third kappa shape index (κ3) is 3.76. The van der Waals surface area contributed by atoms with Gasteiger partial charge in [-0.05, 0) is 36.6 Å². The van der Waals surface area contributed by atoms with E-state index in [2.05, 4.69) is 6.92 Å². The van der Waals surface area contributed by atoms with E-state index < -0.39 is 5.69 Å². The number of hydrogen-bond donors (Lipinski definition) is 0. The minimum absolute atomic E-state index is 0.0245. The molecule has 1 saturated heterocycles. The molecular formula is C18H25N3O4S. The highest BCUT2D eigenvalue weighted by atomic mass is 32.1. The third-order valence-corrected chi connectivity index (χ3v) is 5.76. The average molecular weight is 379 g/mol. The van der Waals surface area contributed by atoms with Crippen molar-refractivity contribution in [1.29, 1.82) is 0 Å². The summed E-state index contributed by atoms with van der Waals surface area (Å²) < 4.78 is 8.21. The molecule has 26 heavy (non-hydrogen) atoms. The Labute approximate surface area is 155 Å². The molecule has 8 heteroatoms. The molecule has 0 aliphatic carbocycles. The van der Waals surface area contributed by atoms with Gasteiger partial charge in [0.2, 0.25) is 5.91 Å². The Hall–Kier alpha value is -1.93. The molecule has 1 fully saturated rings. The molecule has 3 rings (SSSR count). The van der Waals surface area contributed by atoms with E-state index in [4.69, 9.17) is 4.74 Å². The summed E-state index contributed by atoms with van der Waals surface area (Å²) >= 11 is 1.30. The third-order valence-electron chi connectivity index (χ3n) is 4.87. The van der Waals surface area contributed by atoms with Gasteiger partial charge in [-0.25, -0.2) is 4.79 Å². The highest BCUT2D eigenvalue weighted by molar-refractivity contribution is 7.17. The molecular weight excluding hydrogens is 354 g/mol. The predicted molar refractivity (Wildman–Crippen MR) is 102 cm³/mol. The summed E-state index contributed by atoms with van der Waals surface area (Å²) in [6, 6.07) is 1.74. The van der Waals surface area contributed by atoms with Crippen LogP contribution in [0.5, 0.6) is 0 Å². The minimum Gasteiger partial charge on any atom is -0.385 e. The number of aromatic nitrogens is 2. The molecule has 0 bridgehead atoms. The van der Waals surface area contributed by atoms with E-state index in [0.29, 0.717) is 29.2 Å². The van der Waals surface area contributed by atoms with Crippen LogP contribution in [-0.2, 0) is 22.6 Å². The number of amides is 1. The highest BCUT2D eigenvalue weighted by Gasteiger charge is 2.23. The molecule has 0 unspecified atom stereocenters. The number of thiophene rings is 1. The van der Waals surface area contributed by atoms with Crippen LogP contribution in [0.4, 0.5) is 0 Å². The molecule has 0 aromatic carbocycles. The van der Waals surface area contributed by atoms with Crippen molar-refractivity contribution < 1.29 is 9.53 Å². The van der Waals surface area contributed by atoms with E-state index in [1.54, 1.807) is 18.6 Å². The summed E-state index contributed by atoms with van der Waals surface area (Å²) in [4.78, 5) is 40.1. The zero-order valence-electron chi connectivity index (χ0n) is 15.3. The Balaban J connectivity index is 1.94. The summed E-state index contributed by atoms with van der Waals surface area (Å²) in [6.45, 7) is 4.33. The molecule has 0 radical (unpaired) electrons. The van der Waals surface area contributed by atoms with Gasteiger partial charge < -0.3 is 9.64 Å². The molecule has 2 aromatic rings. The molecule has 1 amide bonds. The first-order chi connectivity index (χ1) is 12.5. The van der Waals surface area contributed by atoms with E-state index in [-0.39, 0.29) is 24.6 Å². The van der Waals surface area contributed by atoms with Gasteiger partial charge in [0.15, 0.2) is 0 Å². The molecule has 1 aliphatic rings. The fourth-order valence-corrected chi connectivity index (χ4v) is 4.34. The van der Waals surface area contributed by atoms with Crippen LogP contribution in [0.25, 0.3) is 10.2 Å². The smallest absolute Gasteiger partial charge is 0.332 e. The van der Waals surface area contributed by atoms with Gasteiger partial charge in [0.05, 0.1) is 5.52 Å². The molecule has 0 spiro atoms. The average Bonchev–Trinajstić information content (AvgIpc) is 3.11. The van der Waals surface area contributed by atoms with Crippen molar-refractivity contribution in [3.63, 3.8) is 0 Å². The maximum atomic E-state index is 12.9. The second kappa shape index (κ2) is 8.18. The van der Waals surface area contributed by atoms with Crippen molar-refractivity contribution in [3.05, 3.63) is 32.3 Å². The first-order valence-corrected chi connectivity index (χ1v) is 9.88. The van der Waals surface area contributed by atoms with Crippen LogP contribution in [0.3, 0.4) is 0 Å². The second-order valence-corrected chi connectivity index (χ2v) is 7.81. The number of nitrogens with zero attached hydrogens (tertiary/aromatic N) is 3. The first-order valence-electron chi connectivity index (χ1n) is 9.00. The number of fused-ring (bicyclic) bond motifs is 1. The number of likely N-dealkylation sites (tertiary alicyclic amines) is 1. The van der Waals surface area contributed by atoms with Crippen LogP contribution in [0.2, 0.25) is 0 Å². The van der Waals surface area contributed by atoms with Crippen LogP contribution in [0, 0.1) is 5.92 Å². The Morgan fingerprint density at radius 2 is 2.15 bits per heavy atom. The van der Waals surface area contributed by atoms with E-state index in [9.17, 15) is 14.4 Å². The lowest BCUT2D eigenvalue weighted by molar-refractivity contribution is -0.133. The quantitative estimate of drug-likeness (QED) is 0.714. The topological polar surface area (TPSA) is 73.5 Å². The van der Waals surface area contributed by atoms with Gasteiger partial charge >= 0.3 is 5.69 Å². The molecule has 142 valence electrons. The largest absolute Gasteiger partial charge is 0.385 e. The van der Waals surface area contributed by atoms with Crippen molar-refractivity contribution in [2.24, 2.45) is 5.92 Å². The fourth-order valence-electron chi connectivity index (χ4n) is 3.50. The zero-order chi connectivity index (χ0) is 18.7. The number of hydrogen-bond acceptors (Lipinski definition) is 5. The maximum Gasteiger partial charge on any atom is 0.332 e. The van der Waals surface area contributed by atoms with Crippen LogP contribution in [-0.4, -0.2) is 46.7 Å². The summed E-state index contributed by atoms with van der Waals surface area (Å²) in [5.41, 5.74) is -0.159. The number of methoxy groups -OCH3 is 1. The highest BCUT2D eigenvalue weighted by Crippen LogP contribution is 2.18. The standard InChI is InChI=1S/C18H25N3O4S/c1-13-5-3-7-19(11-13)15(22)12-21-14-6-10-26-16(14)17(23)20(18(21)24)8-4-9-25-2/h6,10,13H,3-5,7-9,11-12H2,1-2H3/t13-/m1/s1. The van der Waals surface area contributed by atoms with E-state index >= 15 is 0 Å². The Bertz CT molecular complexity index is 898. The summed E-state index contributed by atoms with van der Waals surface area (Å²) in [5.74, 6) is 0.418. The van der Waals surface area contributed by atoms with Gasteiger partial charge in [-0.3, -0.25) is 18.7 Å². The van der Waals surface area contributed by atoms with Gasteiger partial charge in [0.25, 0.3) is 5.56 Å². The Kier molecular flexibility index (Phi) is 5.93. The fraction of sp³-hybridized carbons (Fsp3) is 0.611. The molecule has 0 N–H and O–H groups in total. The molecule has 3 heterocycles. The lowest BCUT2D eigenvalue weighted by atomic mass is 10.0. The molecule has 2 aromatic heterocycles. The molecule has 1 aliphatic heterocycles. The second-order valence-electron chi connectivity index (χ2n) is 6.89. The van der Waals surface area contributed by atoms with E-state index in [0.717, 1.165) is 25.9 Å². The van der Waals surface area contributed by atoms with Crippen molar-refractivity contribution in [1.82, 2.24) is 14.0 Å². The van der Waals surface area contributed by atoms with Crippen LogP contribution in [0.1, 0.15) is 26.2 Å². The SMILES string of the molecule is COCCCn1c(=O)c2sccc2n(CC(=O)N2CCC[C@@H](C)C2)c1=O. The van der Waals surface area contributed by atoms with Crippen LogP contribution >= 0.6 is 11.3 Å². The lowest BCUT2D eigenvalue weighted by Gasteiger charge is -2.31. The zero-order valence-corrected chi connectivity index (χ0v) is 16.1. The van der Waals surface area contributed by atoms with Crippen LogP contribution < -0.4 is 11.2 Å². The van der Waals surface area contributed by atoms with Crippen LogP contribution in [0.15, 0.2) is 21.0 Å². The van der Waals surface area contributed by atoms with Gasteiger partial charge in [0, 0.05) is 33.4 Å². The van der Waals surface area contributed by atoms with Gasteiger partial charge in [-0.1, -0.05) is 6.92 Å². The normalized spacial score (nSPS) is 17.8. The van der Waals surface area contributed by atoms with E-state index in [1.165, 1.54) is 20.5 Å². The Morgan fingerprint density at radius 3 is 2.88 bits per heavy atom. The van der Waals surface area contributed by atoms with Crippen molar-refractivity contribution >= 4 is 27.5 Å². The number of piperidine rings is 1.